The van der Waals surface area contributed by atoms with Gasteiger partial charge in [0.05, 0.1) is 12.1 Å². The first-order valence-corrected chi connectivity index (χ1v) is 8.88. The van der Waals surface area contributed by atoms with Gasteiger partial charge in [0.25, 0.3) is 0 Å². The maximum atomic E-state index is 12.9. The molecule has 0 unspecified atom stereocenters. The molecule has 3 nitrogen and oxygen atoms in total. The molecule has 1 amide bonds. The smallest absolute Gasteiger partial charge is 0.230 e. The third-order valence-electron chi connectivity index (χ3n) is 4.15. The molecule has 0 fully saturated rings. The fourth-order valence-corrected chi connectivity index (χ4v) is 3.37. The van der Waals surface area contributed by atoms with Crippen LogP contribution in [0.3, 0.4) is 0 Å². The number of nitrogens with zero attached hydrogens (tertiary/aromatic N) is 1. The molecule has 0 bridgehead atoms. The second kappa shape index (κ2) is 7.15. The molecule has 0 saturated carbocycles. The van der Waals surface area contributed by atoms with Gasteiger partial charge in [-0.2, -0.15) is 0 Å². The molecule has 5 heteroatoms. The van der Waals surface area contributed by atoms with E-state index in [1.54, 1.807) is 12.1 Å². The summed E-state index contributed by atoms with van der Waals surface area (Å²) in [4.78, 5) is 16.7. The lowest BCUT2D eigenvalue weighted by atomic mass is 9.99. The number of thiazole rings is 1. The predicted octanol–water partition coefficient (Wildman–Crippen LogP) is 5.06. The van der Waals surface area contributed by atoms with Crippen LogP contribution in [0, 0.1) is 26.6 Å². The molecule has 2 aromatic carbocycles. The van der Waals surface area contributed by atoms with E-state index >= 15 is 0 Å². The van der Waals surface area contributed by atoms with Gasteiger partial charge < -0.3 is 5.32 Å². The first-order valence-electron chi connectivity index (χ1n) is 8.00. The van der Waals surface area contributed by atoms with Crippen LogP contribution < -0.4 is 5.32 Å². The molecule has 1 heterocycles. The Bertz CT molecular complexity index is 916. The molecule has 25 heavy (non-hydrogen) atoms. The topological polar surface area (TPSA) is 42.0 Å². The van der Waals surface area contributed by atoms with Crippen LogP contribution in [0.4, 0.5) is 9.52 Å². The molecule has 128 valence electrons. The molecule has 0 aliphatic carbocycles. The van der Waals surface area contributed by atoms with E-state index in [0.717, 1.165) is 22.4 Å². The summed E-state index contributed by atoms with van der Waals surface area (Å²) in [7, 11) is 0. The molecule has 0 saturated heterocycles. The van der Waals surface area contributed by atoms with E-state index in [2.05, 4.69) is 43.2 Å². The van der Waals surface area contributed by atoms with Crippen molar-refractivity contribution in [3.05, 3.63) is 69.8 Å². The number of rotatable bonds is 4. The minimum Gasteiger partial charge on any atom is -0.302 e. The van der Waals surface area contributed by atoms with Gasteiger partial charge >= 0.3 is 0 Å². The zero-order chi connectivity index (χ0) is 18.0. The Balaban J connectivity index is 1.72. The summed E-state index contributed by atoms with van der Waals surface area (Å²) >= 11 is 1.40. The van der Waals surface area contributed by atoms with E-state index in [4.69, 9.17) is 0 Å². The van der Waals surface area contributed by atoms with Crippen molar-refractivity contribution >= 4 is 22.4 Å². The van der Waals surface area contributed by atoms with Crippen molar-refractivity contribution in [2.24, 2.45) is 0 Å². The Morgan fingerprint density at radius 2 is 1.76 bits per heavy atom. The SMILES string of the molecule is Cc1cc(C)c(-c2csc(NC(=O)Cc3ccc(F)cc3)n2)cc1C. The number of aryl methyl sites for hydroxylation is 3. The third kappa shape index (κ3) is 4.12. The van der Waals surface area contributed by atoms with Crippen molar-refractivity contribution in [1.29, 1.82) is 0 Å². The van der Waals surface area contributed by atoms with Crippen LogP contribution in [0.25, 0.3) is 11.3 Å². The highest BCUT2D eigenvalue weighted by atomic mass is 32.1. The van der Waals surface area contributed by atoms with Crippen LogP contribution in [0.1, 0.15) is 22.3 Å². The highest BCUT2D eigenvalue weighted by Gasteiger charge is 2.11. The second-order valence-electron chi connectivity index (χ2n) is 6.14. The molecule has 1 N–H and O–H groups in total. The molecule has 0 radical (unpaired) electrons. The number of benzene rings is 2. The number of nitrogens with one attached hydrogen (secondary N) is 1. The predicted molar refractivity (Wildman–Crippen MR) is 100 cm³/mol. The Hall–Kier alpha value is -2.53. The molecule has 3 aromatic rings. The molecular weight excluding hydrogens is 335 g/mol. The van der Waals surface area contributed by atoms with Crippen LogP contribution in [-0.4, -0.2) is 10.9 Å². The lowest BCUT2D eigenvalue weighted by Gasteiger charge is -2.07. The van der Waals surface area contributed by atoms with Crippen molar-refractivity contribution in [2.75, 3.05) is 5.32 Å². The summed E-state index contributed by atoms with van der Waals surface area (Å²) in [6.45, 7) is 6.23. The van der Waals surface area contributed by atoms with Crippen molar-refractivity contribution in [3.63, 3.8) is 0 Å². The highest BCUT2D eigenvalue weighted by molar-refractivity contribution is 7.14. The van der Waals surface area contributed by atoms with E-state index in [-0.39, 0.29) is 18.1 Å². The Kier molecular flexibility index (Phi) is 4.95. The summed E-state index contributed by atoms with van der Waals surface area (Å²) in [6, 6.07) is 10.2. The fraction of sp³-hybridized carbons (Fsp3) is 0.200. The van der Waals surface area contributed by atoms with Gasteiger partial charge in [-0.25, -0.2) is 9.37 Å². The maximum Gasteiger partial charge on any atom is 0.230 e. The third-order valence-corrected chi connectivity index (χ3v) is 4.90. The zero-order valence-corrected chi connectivity index (χ0v) is 15.2. The van der Waals surface area contributed by atoms with Crippen LogP contribution in [0.2, 0.25) is 0 Å². The van der Waals surface area contributed by atoms with Crippen molar-refractivity contribution < 1.29 is 9.18 Å². The molecular formula is C20H19FN2OS. The molecule has 0 spiro atoms. The van der Waals surface area contributed by atoms with E-state index < -0.39 is 0 Å². The minimum atomic E-state index is -0.308. The van der Waals surface area contributed by atoms with Gasteiger partial charge in [0.15, 0.2) is 5.13 Å². The summed E-state index contributed by atoms with van der Waals surface area (Å²) in [5, 5.41) is 5.33. The van der Waals surface area contributed by atoms with Crippen molar-refractivity contribution in [1.82, 2.24) is 4.98 Å². The fourth-order valence-electron chi connectivity index (χ4n) is 2.64. The summed E-state index contributed by atoms with van der Waals surface area (Å²) < 4.78 is 12.9. The summed E-state index contributed by atoms with van der Waals surface area (Å²) in [6.07, 6.45) is 0.192. The van der Waals surface area contributed by atoms with Gasteiger partial charge in [-0.05, 0) is 61.2 Å². The standard InChI is InChI=1S/C20H19FN2OS/c1-12-8-14(3)17(9-13(12)2)18-11-25-20(22-18)23-19(24)10-15-4-6-16(21)7-5-15/h4-9,11H,10H2,1-3H3,(H,22,23,24). The number of anilines is 1. The number of carbonyl (C=O) groups is 1. The number of amides is 1. The first-order chi connectivity index (χ1) is 11.9. The number of hydrogen-bond donors (Lipinski definition) is 1. The van der Waals surface area contributed by atoms with Crippen molar-refractivity contribution in [2.45, 2.75) is 27.2 Å². The number of aromatic nitrogens is 1. The van der Waals surface area contributed by atoms with Gasteiger partial charge in [0, 0.05) is 10.9 Å². The average molecular weight is 354 g/mol. The average Bonchev–Trinajstić information content (AvgIpc) is 3.01. The summed E-state index contributed by atoms with van der Waals surface area (Å²) in [5.41, 5.74) is 6.35. The van der Waals surface area contributed by atoms with E-state index in [1.807, 2.05) is 5.38 Å². The van der Waals surface area contributed by atoms with Gasteiger partial charge in [0.1, 0.15) is 5.82 Å². The molecule has 1 aromatic heterocycles. The van der Waals surface area contributed by atoms with Gasteiger partial charge in [-0.3, -0.25) is 4.79 Å². The Morgan fingerprint density at radius 1 is 1.08 bits per heavy atom. The minimum absolute atomic E-state index is 0.163. The van der Waals surface area contributed by atoms with Gasteiger partial charge in [0.2, 0.25) is 5.91 Å². The first kappa shape index (κ1) is 17.3. The zero-order valence-electron chi connectivity index (χ0n) is 14.4. The molecule has 3 rings (SSSR count). The summed E-state index contributed by atoms with van der Waals surface area (Å²) in [5.74, 6) is -0.471. The molecule has 0 aliphatic rings. The Labute approximate surface area is 150 Å². The highest BCUT2D eigenvalue weighted by Crippen LogP contribution is 2.29. The monoisotopic (exact) mass is 354 g/mol. The Morgan fingerprint density at radius 3 is 2.48 bits per heavy atom. The van der Waals surface area contributed by atoms with Crippen molar-refractivity contribution in [3.8, 4) is 11.3 Å². The lowest BCUT2D eigenvalue weighted by molar-refractivity contribution is -0.115. The largest absolute Gasteiger partial charge is 0.302 e. The van der Waals surface area contributed by atoms with Crippen LogP contribution in [0.5, 0.6) is 0 Å². The van der Waals surface area contributed by atoms with Gasteiger partial charge in [-0.15, -0.1) is 11.3 Å². The number of halogens is 1. The second-order valence-corrected chi connectivity index (χ2v) is 7.00. The quantitative estimate of drug-likeness (QED) is 0.712. The van der Waals surface area contributed by atoms with E-state index in [1.165, 1.54) is 34.6 Å². The molecule has 0 aliphatic heterocycles. The van der Waals surface area contributed by atoms with Crippen LogP contribution >= 0.6 is 11.3 Å². The van der Waals surface area contributed by atoms with E-state index in [9.17, 15) is 9.18 Å². The number of carbonyl (C=O) groups excluding carboxylic acids is 1. The van der Waals surface area contributed by atoms with Crippen LogP contribution in [0.15, 0.2) is 41.8 Å². The molecule has 0 atom stereocenters. The van der Waals surface area contributed by atoms with Crippen LogP contribution in [-0.2, 0) is 11.2 Å². The lowest BCUT2D eigenvalue weighted by Crippen LogP contribution is -2.14. The normalized spacial score (nSPS) is 10.7. The van der Waals surface area contributed by atoms with Gasteiger partial charge in [-0.1, -0.05) is 18.2 Å². The van der Waals surface area contributed by atoms with E-state index in [0.29, 0.717) is 5.13 Å². The maximum absolute atomic E-state index is 12.9. The number of hydrogen-bond acceptors (Lipinski definition) is 3.